The summed E-state index contributed by atoms with van der Waals surface area (Å²) in [5, 5.41) is 2.84. The van der Waals surface area contributed by atoms with Gasteiger partial charge in [0.1, 0.15) is 5.82 Å². The fourth-order valence-corrected chi connectivity index (χ4v) is 3.99. The van der Waals surface area contributed by atoms with E-state index in [-0.39, 0.29) is 23.8 Å². The summed E-state index contributed by atoms with van der Waals surface area (Å²) >= 11 is 0. The number of carbonyl (C=O) groups excluding carboxylic acids is 2. The number of hydrogen-bond donors (Lipinski definition) is 1. The molecule has 1 heterocycles. The number of rotatable bonds is 4. The van der Waals surface area contributed by atoms with Gasteiger partial charge in [0.15, 0.2) is 0 Å². The molecular formula is C23H22F4N2O2. The number of fused-ring (bicyclic) bond motifs is 1. The molecule has 0 atom stereocenters. The van der Waals surface area contributed by atoms with E-state index in [1.807, 2.05) is 24.0 Å². The van der Waals surface area contributed by atoms with Gasteiger partial charge < -0.3 is 10.2 Å². The van der Waals surface area contributed by atoms with Crippen molar-refractivity contribution in [3.8, 4) is 0 Å². The second kappa shape index (κ2) is 7.98. The van der Waals surface area contributed by atoms with Crippen LogP contribution in [-0.4, -0.2) is 23.3 Å². The molecule has 0 radical (unpaired) electrons. The molecule has 4 rings (SSSR count). The predicted octanol–water partition coefficient (Wildman–Crippen LogP) is 4.63. The molecule has 1 N–H and O–H groups in total. The molecule has 4 nitrogen and oxygen atoms in total. The fraction of sp³-hybridized carbons (Fsp3) is 0.391. The van der Waals surface area contributed by atoms with E-state index in [0.29, 0.717) is 31.3 Å². The first-order valence-electron chi connectivity index (χ1n) is 10.2. The van der Waals surface area contributed by atoms with Crippen LogP contribution in [0.3, 0.4) is 0 Å². The van der Waals surface area contributed by atoms with Crippen molar-refractivity contribution < 1.29 is 27.2 Å². The number of anilines is 1. The van der Waals surface area contributed by atoms with Crippen molar-refractivity contribution >= 4 is 17.5 Å². The highest BCUT2D eigenvalue weighted by molar-refractivity contribution is 5.94. The van der Waals surface area contributed by atoms with Crippen molar-refractivity contribution in [2.75, 3.05) is 11.9 Å². The molecule has 164 valence electrons. The minimum absolute atomic E-state index is 0.148. The van der Waals surface area contributed by atoms with Gasteiger partial charge in [0.05, 0.1) is 12.0 Å². The lowest BCUT2D eigenvalue weighted by atomic mass is 9.94. The van der Waals surface area contributed by atoms with Crippen molar-refractivity contribution in [1.82, 2.24) is 4.90 Å². The second-order valence-corrected chi connectivity index (χ2v) is 8.22. The van der Waals surface area contributed by atoms with Gasteiger partial charge >= 0.3 is 6.18 Å². The number of alkyl halides is 3. The number of carbonyl (C=O) groups is 2. The van der Waals surface area contributed by atoms with Crippen molar-refractivity contribution in [2.45, 2.75) is 45.3 Å². The minimum Gasteiger partial charge on any atom is -0.338 e. The summed E-state index contributed by atoms with van der Waals surface area (Å²) in [6, 6.07) is 6.34. The summed E-state index contributed by atoms with van der Waals surface area (Å²) in [6.07, 6.45) is -2.52. The van der Waals surface area contributed by atoms with Gasteiger partial charge in [-0.15, -0.1) is 0 Å². The van der Waals surface area contributed by atoms with E-state index in [1.165, 1.54) is 0 Å². The molecule has 0 bridgehead atoms. The lowest BCUT2D eigenvalue weighted by molar-refractivity contribution is -0.140. The number of hydrogen-bond acceptors (Lipinski definition) is 2. The summed E-state index contributed by atoms with van der Waals surface area (Å²) < 4.78 is 51.9. The van der Waals surface area contributed by atoms with Crippen LogP contribution in [0.15, 0.2) is 30.3 Å². The van der Waals surface area contributed by atoms with Crippen LogP contribution in [0.4, 0.5) is 23.2 Å². The van der Waals surface area contributed by atoms with Crippen molar-refractivity contribution in [1.29, 1.82) is 0 Å². The van der Waals surface area contributed by atoms with Crippen LogP contribution in [0.2, 0.25) is 0 Å². The molecule has 1 aliphatic carbocycles. The minimum atomic E-state index is -4.78. The van der Waals surface area contributed by atoms with E-state index < -0.39 is 23.5 Å². The van der Waals surface area contributed by atoms with Gasteiger partial charge in [-0.05, 0) is 60.6 Å². The van der Waals surface area contributed by atoms with Crippen LogP contribution in [0.5, 0.6) is 0 Å². The Hall–Kier alpha value is -2.90. The van der Waals surface area contributed by atoms with E-state index in [1.54, 1.807) is 0 Å². The number of nitrogens with one attached hydrogen (secondary N) is 1. The number of amides is 2. The van der Waals surface area contributed by atoms with Gasteiger partial charge in [-0.25, -0.2) is 4.39 Å². The molecule has 2 aromatic rings. The number of halogens is 4. The fourth-order valence-electron chi connectivity index (χ4n) is 3.99. The number of benzene rings is 2. The molecule has 0 unspecified atom stereocenters. The normalized spacial score (nSPS) is 16.1. The maximum absolute atomic E-state index is 13.8. The van der Waals surface area contributed by atoms with Gasteiger partial charge in [-0.3, -0.25) is 9.59 Å². The van der Waals surface area contributed by atoms with Gasteiger partial charge in [0.25, 0.3) is 0 Å². The van der Waals surface area contributed by atoms with Crippen molar-refractivity contribution in [2.24, 2.45) is 5.92 Å². The zero-order valence-corrected chi connectivity index (χ0v) is 17.0. The smallest absolute Gasteiger partial charge is 0.338 e. The molecule has 8 heteroatoms. The van der Waals surface area contributed by atoms with Crippen molar-refractivity contribution in [3.05, 3.63) is 64.0 Å². The Balaban J connectivity index is 1.48. The summed E-state index contributed by atoms with van der Waals surface area (Å²) in [4.78, 5) is 26.8. The highest BCUT2D eigenvalue weighted by Crippen LogP contribution is 2.35. The largest absolute Gasteiger partial charge is 0.419 e. The Morgan fingerprint density at radius 3 is 2.55 bits per heavy atom. The standard InChI is InChI=1S/C23H22F4N2O2/c1-13-2-4-16-12-29(22(31)15-5-6-15)9-8-17(16)21(13)28-20(30)11-14-3-7-18(19(24)10-14)23(25,26)27/h2-4,7,10,15H,5-6,8-9,11-12H2,1H3,(H,28,30). The summed E-state index contributed by atoms with van der Waals surface area (Å²) in [5.41, 5.74) is 2.26. The third-order valence-electron chi connectivity index (χ3n) is 5.82. The number of aryl methyl sites for hydroxylation is 1. The zero-order valence-electron chi connectivity index (χ0n) is 17.0. The first kappa shape index (κ1) is 21.3. The lowest BCUT2D eigenvalue weighted by Crippen LogP contribution is -2.37. The molecule has 2 aromatic carbocycles. The maximum atomic E-state index is 13.8. The number of nitrogens with zero attached hydrogens (tertiary/aromatic N) is 1. The Kier molecular flexibility index (Phi) is 5.49. The first-order chi connectivity index (χ1) is 14.6. The average molecular weight is 434 g/mol. The van der Waals surface area contributed by atoms with Crippen molar-refractivity contribution in [3.63, 3.8) is 0 Å². The average Bonchev–Trinajstić information content (AvgIpc) is 3.53. The summed E-state index contributed by atoms with van der Waals surface area (Å²) in [7, 11) is 0. The first-order valence-corrected chi connectivity index (χ1v) is 10.2. The van der Waals surface area contributed by atoms with Crippen LogP contribution < -0.4 is 5.32 Å². The van der Waals surface area contributed by atoms with Crippen LogP contribution in [-0.2, 0) is 35.2 Å². The van der Waals surface area contributed by atoms with Crippen LogP contribution >= 0.6 is 0 Å². The Labute approximate surface area is 177 Å². The SMILES string of the molecule is Cc1ccc2c(c1NC(=O)Cc1ccc(C(F)(F)F)c(F)c1)CCN(C(=O)C1CC1)C2. The third-order valence-corrected chi connectivity index (χ3v) is 5.82. The van der Waals surface area contributed by atoms with Gasteiger partial charge in [-0.2, -0.15) is 13.2 Å². The summed E-state index contributed by atoms with van der Waals surface area (Å²) in [5.74, 6) is -1.50. The van der Waals surface area contributed by atoms with Gasteiger partial charge in [0, 0.05) is 24.7 Å². The summed E-state index contributed by atoms with van der Waals surface area (Å²) in [6.45, 7) is 2.94. The maximum Gasteiger partial charge on any atom is 0.419 e. The molecule has 2 aliphatic rings. The quantitative estimate of drug-likeness (QED) is 0.714. The van der Waals surface area contributed by atoms with E-state index in [0.717, 1.165) is 41.7 Å². The van der Waals surface area contributed by atoms with Gasteiger partial charge in [-0.1, -0.05) is 18.2 Å². The van der Waals surface area contributed by atoms with E-state index in [9.17, 15) is 27.2 Å². The molecule has 0 aromatic heterocycles. The Bertz CT molecular complexity index is 1040. The molecule has 1 fully saturated rings. The predicted molar refractivity (Wildman–Crippen MR) is 107 cm³/mol. The van der Waals surface area contributed by atoms with Crippen LogP contribution in [0.1, 0.15) is 40.7 Å². The third kappa shape index (κ3) is 4.57. The Morgan fingerprint density at radius 2 is 1.90 bits per heavy atom. The molecule has 2 amide bonds. The van der Waals surface area contributed by atoms with E-state index >= 15 is 0 Å². The zero-order chi connectivity index (χ0) is 22.3. The highest BCUT2D eigenvalue weighted by Gasteiger charge is 2.35. The monoisotopic (exact) mass is 434 g/mol. The molecule has 31 heavy (non-hydrogen) atoms. The molecular weight excluding hydrogens is 412 g/mol. The molecule has 0 saturated heterocycles. The molecule has 1 aliphatic heterocycles. The molecule has 1 saturated carbocycles. The Morgan fingerprint density at radius 1 is 1.16 bits per heavy atom. The van der Waals surface area contributed by atoms with Crippen LogP contribution in [0.25, 0.3) is 0 Å². The lowest BCUT2D eigenvalue weighted by Gasteiger charge is -2.31. The topological polar surface area (TPSA) is 49.4 Å². The van der Waals surface area contributed by atoms with Gasteiger partial charge in [0.2, 0.25) is 11.8 Å². The highest BCUT2D eigenvalue weighted by atomic mass is 19.4. The molecule has 0 spiro atoms. The van der Waals surface area contributed by atoms with E-state index in [2.05, 4.69) is 5.32 Å². The van der Waals surface area contributed by atoms with Crippen LogP contribution in [0, 0.1) is 18.7 Å². The second-order valence-electron chi connectivity index (χ2n) is 8.22. The van der Waals surface area contributed by atoms with E-state index in [4.69, 9.17) is 0 Å².